The highest BCUT2D eigenvalue weighted by Crippen LogP contribution is 2.42. The minimum absolute atomic E-state index is 0.0482. The average molecular weight is 366 g/mol. The molecular formula is C13H11BrCl2OS. The molecule has 5 heteroatoms. The predicted octanol–water partition coefficient (Wildman–Crippen LogP) is 5.86. The van der Waals surface area contributed by atoms with Crippen molar-refractivity contribution >= 4 is 50.5 Å². The molecule has 0 N–H and O–H groups in total. The van der Waals surface area contributed by atoms with Gasteiger partial charge in [0.1, 0.15) is 5.75 Å². The highest BCUT2D eigenvalue weighted by molar-refractivity contribution is 9.09. The summed E-state index contributed by atoms with van der Waals surface area (Å²) in [7, 11) is 1.60. The molecule has 0 aliphatic rings. The van der Waals surface area contributed by atoms with Gasteiger partial charge in [-0.2, -0.15) is 0 Å². The molecule has 0 bridgehead atoms. The van der Waals surface area contributed by atoms with Gasteiger partial charge in [-0.1, -0.05) is 45.2 Å². The van der Waals surface area contributed by atoms with Gasteiger partial charge in [0.25, 0.3) is 0 Å². The Labute approximate surface area is 129 Å². The third kappa shape index (κ3) is 2.69. The van der Waals surface area contributed by atoms with E-state index in [1.54, 1.807) is 18.4 Å². The SMILES string of the molecule is COc1ccc(C(Br)c2scc(C)c2Cl)cc1Cl. The lowest BCUT2D eigenvalue weighted by molar-refractivity contribution is 0.415. The standard InChI is InChI=1S/C13H11BrCl2OS/c1-7-6-18-13(12(7)16)11(14)8-3-4-10(17-2)9(15)5-8/h3-6,11H,1-2H3. The zero-order valence-corrected chi connectivity index (χ0v) is 13.8. The molecule has 1 atom stereocenters. The van der Waals surface area contributed by atoms with Gasteiger partial charge in [-0.25, -0.2) is 0 Å². The monoisotopic (exact) mass is 364 g/mol. The molecule has 2 aromatic rings. The normalized spacial score (nSPS) is 12.5. The zero-order chi connectivity index (χ0) is 13.3. The molecule has 18 heavy (non-hydrogen) atoms. The molecule has 0 aliphatic carbocycles. The number of methoxy groups -OCH3 is 1. The van der Waals surface area contributed by atoms with Crippen LogP contribution in [0.5, 0.6) is 5.75 Å². The molecule has 1 nitrogen and oxygen atoms in total. The van der Waals surface area contributed by atoms with Crippen molar-refractivity contribution in [2.75, 3.05) is 7.11 Å². The summed E-state index contributed by atoms with van der Waals surface area (Å²) >= 11 is 17.7. The fourth-order valence-corrected chi connectivity index (χ4v) is 4.15. The maximum absolute atomic E-state index is 6.27. The van der Waals surface area contributed by atoms with Crippen molar-refractivity contribution in [2.45, 2.75) is 11.8 Å². The van der Waals surface area contributed by atoms with E-state index >= 15 is 0 Å². The molecule has 1 aromatic carbocycles. The molecule has 1 aromatic heterocycles. The maximum atomic E-state index is 6.27. The highest BCUT2D eigenvalue weighted by atomic mass is 79.9. The van der Waals surface area contributed by atoms with Crippen LogP contribution in [-0.4, -0.2) is 7.11 Å². The maximum Gasteiger partial charge on any atom is 0.137 e. The van der Waals surface area contributed by atoms with Gasteiger partial charge in [-0.05, 0) is 35.6 Å². The van der Waals surface area contributed by atoms with Gasteiger partial charge in [0.2, 0.25) is 0 Å². The van der Waals surface area contributed by atoms with E-state index < -0.39 is 0 Å². The van der Waals surface area contributed by atoms with Gasteiger partial charge in [0.15, 0.2) is 0 Å². The lowest BCUT2D eigenvalue weighted by atomic mass is 10.1. The number of rotatable bonds is 3. The van der Waals surface area contributed by atoms with Gasteiger partial charge >= 0.3 is 0 Å². The second-order valence-corrected chi connectivity index (χ2v) is 6.47. The van der Waals surface area contributed by atoms with Gasteiger partial charge in [-0.3, -0.25) is 0 Å². The van der Waals surface area contributed by atoms with Crippen molar-refractivity contribution < 1.29 is 4.74 Å². The number of alkyl halides is 1. The van der Waals surface area contributed by atoms with E-state index in [-0.39, 0.29) is 4.83 Å². The van der Waals surface area contributed by atoms with Crippen molar-refractivity contribution in [2.24, 2.45) is 0 Å². The number of halogens is 3. The summed E-state index contributed by atoms with van der Waals surface area (Å²) in [4.78, 5) is 1.14. The van der Waals surface area contributed by atoms with E-state index in [2.05, 4.69) is 21.3 Å². The van der Waals surface area contributed by atoms with Crippen LogP contribution in [0.4, 0.5) is 0 Å². The van der Waals surface area contributed by atoms with Crippen LogP contribution in [0.1, 0.15) is 20.8 Å². The summed E-state index contributed by atoms with van der Waals surface area (Å²) in [6.07, 6.45) is 0. The van der Waals surface area contributed by atoms with Gasteiger partial charge in [0, 0.05) is 4.88 Å². The van der Waals surface area contributed by atoms with E-state index in [9.17, 15) is 0 Å². The van der Waals surface area contributed by atoms with Gasteiger partial charge in [-0.15, -0.1) is 11.3 Å². The average Bonchev–Trinajstić information content (AvgIpc) is 2.69. The van der Waals surface area contributed by atoms with E-state index in [1.165, 1.54) is 0 Å². The summed E-state index contributed by atoms with van der Waals surface area (Å²) < 4.78 is 5.14. The lowest BCUT2D eigenvalue weighted by Gasteiger charge is -2.11. The van der Waals surface area contributed by atoms with Crippen molar-refractivity contribution in [3.05, 3.63) is 49.6 Å². The van der Waals surface area contributed by atoms with Crippen molar-refractivity contribution in [3.8, 4) is 5.75 Å². The van der Waals surface area contributed by atoms with E-state index in [0.29, 0.717) is 10.8 Å². The molecule has 1 heterocycles. The van der Waals surface area contributed by atoms with Crippen molar-refractivity contribution in [1.29, 1.82) is 0 Å². The first-order valence-corrected chi connectivity index (χ1v) is 7.80. The molecule has 0 radical (unpaired) electrons. The van der Waals surface area contributed by atoms with Gasteiger partial charge < -0.3 is 4.74 Å². The highest BCUT2D eigenvalue weighted by Gasteiger charge is 2.18. The minimum Gasteiger partial charge on any atom is -0.495 e. The minimum atomic E-state index is 0.0482. The summed E-state index contributed by atoms with van der Waals surface area (Å²) in [5.74, 6) is 0.675. The molecule has 2 rings (SSSR count). The van der Waals surface area contributed by atoms with Crippen LogP contribution in [0.2, 0.25) is 10.0 Å². The summed E-state index contributed by atoms with van der Waals surface area (Å²) in [5, 5.41) is 3.47. The number of hydrogen-bond donors (Lipinski definition) is 0. The molecule has 96 valence electrons. The second kappa shape index (κ2) is 5.83. The van der Waals surface area contributed by atoms with Crippen LogP contribution in [-0.2, 0) is 0 Å². The van der Waals surface area contributed by atoms with Crippen molar-refractivity contribution in [3.63, 3.8) is 0 Å². The number of ether oxygens (including phenoxy) is 1. The van der Waals surface area contributed by atoms with Gasteiger partial charge in [0.05, 0.1) is 22.0 Å². The Morgan fingerprint density at radius 2 is 2.06 bits per heavy atom. The number of aryl methyl sites for hydroxylation is 1. The fourth-order valence-electron chi connectivity index (χ4n) is 1.61. The molecule has 0 aliphatic heterocycles. The summed E-state index contributed by atoms with van der Waals surface area (Å²) in [5.41, 5.74) is 2.16. The third-order valence-corrected chi connectivity index (χ3v) is 5.99. The van der Waals surface area contributed by atoms with Crippen LogP contribution in [0.25, 0.3) is 0 Å². The topological polar surface area (TPSA) is 9.23 Å². The van der Waals surface area contributed by atoms with E-state index in [4.69, 9.17) is 27.9 Å². The Morgan fingerprint density at radius 1 is 1.33 bits per heavy atom. The summed E-state index contributed by atoms with van der Waals surface area (Å²) in [6, 6.07) is 5.74. The zero-order valence-electron chi connectivity index (χ0n) is 9.84. The Balaban J connectivity index is 2.37. The molecule has 0 amide bonds. The lowest BCUT2D eigenvalue weighted by Crippen LogP contribution is -1.92. The van der Waals surface area contributed by atoms with Crippen LogP contribution in [0.15, 0.2) is 23.6 Å². The molecule has 0 spiro atoms. The molecule has 0 saturated heterocycles. The Bertz CT molecular complexity index is 568. The van der Waals surface area contributed by atoms with Crippen molar-refractivity contribution in [1.82, 2.24) is 0 Å². The molecule has 0 fully saturated rings. The largest absolute Gasteiger partial charge is 0.495 e. The first kappa shape index (κ1) is 14.2. The summed E-state index contributed by atoms with van der Waals surface area (Å²) in [6.45, 7) is 2.00. The van der Waals surface area contributed by atoms with Crippen LogP contribution >= 0.6 is 50.5 Å². The number of hydrogen-bond acceptors (Lipinski definition) is 2. The predicted molar refractivity (Wildman–Crippen MR) is 82.8 cm³/mol. The van der Waals surface area contributed by atoms with E-state index in [1.807, 2.05) is 25.1 Å². The number of thiophene rings is 1. The second-order valence-electron chi connectivity index (χ2n) is 3.85. The Hall–Kier alpha value is -0.220. The molecule has 0 saturated carbocycles. The molecular weight excluding hydrogens is 355 g/mol. The fraction of sp³-hybridized carbons (Fsp3) is 0.231. The quantitative estimate of drug-likeness (QED) is 0.619. The molecule has 1 unspecified atom stereocenters. The first-order chi connectivity index (χ1) is 8.54. The number of benzene rings is 1. The first-order valence-electron chi connectivity index (χ1n) is 5.25. The van der Waals surface area contributed by atoms with Crippen LogP contribution < -0.4 is 4.74 Å². The van der Waals surface area contributed by atoms with Crippen LogP contribution in [0.3, 0.4) is 0 Å². The Morgan fingerprint density at radius 3 is 2.56 bits per heavy atom. The third-order valence-electron chi connectivity index (χ3n) is 2.62. The van der Waals surface area contributed by atoms with E-state index in [0.717, 1.165) is 21.0 Å². The Kier molecular flexibility index (Phi) is 4.59. The van der Waals surface area contributed by atoms with Crippen LogP contribution in [0, 0.1) is 6.92 Å². The smallest absolute Gasteiger partial charge is 0.137 e.